The van der Waals surface area contributed by atoms with Gasteiger partial charge in [0.05, 0.1) is 11.9 Å². The first-order chi connectivity index (χ1) is 5.92. The molecule has 1 aliphatic rings. The van der Waals surface area contributed by atoms with Gasteiger partial charge in [-0.05, 0) is 30.4 Å². The van der Waals surface area contributed by atoms with Crippen LogP contribution in [0.2, 0.25) is 0 Å². The first-order valence-electron chi connectivity index (χ1n) is 4.33. The quantitative estimate of drug-likeness (QED) is 0.651. The molecule has 0 amide bonds. The minimum atomic E-state index is 0.619. The van der Waals surface area contributed by atoms with E-state index in [2.05, 4.69) is 16.3 Å². The minimum Gasteiger partial charge on any atom is -0.327 e. The van der Waals surface area contributed by atoms with Crippen molar-refractivity contribution in [2.24, 2.45) is 5.73 Å². The minimum absolute atomic E-state index is 0.619. The van der Waals surface area contributed by atoms with E-state index in [0.717, 1.165) is 12.8 Å². The van der Waals surface area contributed by atoms with Gasteiger partial charge in [0.25, 0.3) is 0 Å². The van der Waals surface area contributed by atoms with Gasteiger partial charge in [-0.2, -0.15) is 5.10 Å². The van der Waals surface area contributed by atoms with E-state index in [1.807, 2.05) is 6.20 Å². The van der Waals surface area contributed by atoms with E-state index in [4.69, 9.17) is 5.73 Å². The summed E-state index contributed by atoms with van der Waals surface area (Å²) >= 11 is 0. The number of H-pyrrole nitrogens is 1. The predicted molar refractivity (Wildman–Crippen MR) is 48.6 cm³/mol. The number of fused-ring (bicyclic) bond motifs is 1. The molecule has 0 bridgehead atoms. The second kappa shape index (κ2) is 3.11. The van der Waals surface area contributed by atoms with Crippen LogP contribution in [0.15, 0.2) is 12.3 Å². The molecule has 12 heavy (non-hydrogen) atoms. The normalized spacial score (nSPS) is 19.6. The van der Waals surface area contributed by atoms with Crippen LogP contribution in [0.4, 0.5) is 0 Å². The molecule has 0 radical (unpaired) electrons. The monoisotopic (exact) mass is 163 g/mol. The summed E-state index contributed by atoms with van der Waals surface area (Å²) in [6, 6.07) is 0. The molecule has 0 unspecified atom stereocenters. The van der Waals surface area contributed by atoms with E-state index in [1.165, 1.54) is 23.3 Å². The summed E-state index contributed by atoms with van der Waals surface area (Å²) in [5.74, 6) is 0. The van der Waals surface area contributed by atoms with Crippen LogP contribution in [-0.4, -0.2) is 16.7 Å². The molecule has 3 N–H and O–H groups in total. The zero-order chi connectivity index (χ0) is 8.39. The van der Waals surface area contributed by atoms with Gasteiger partial charge in [-0.3, -0.25) is 5.10 Å². The second-order valence-electron chi connectivity index (χ2n) is 3.09. The Bertz CT molecular complexity index is 298. The molecule has 0 fully saturated rings. The van der Waals surface area contributed by atoms with E-state index in [0.29, 0.717) is 6.54 Å². The maximum Gasteiger partial charge on any atom is 0.0639 e. The Labute approximate surface area is 71.7 Å². The molecule has 3 heteroatoms. The van der Waals surface area contributed by atoms with E-state index in [-0.39, 0.29) is 0 Å². The molecular weight excluding hydrogens is 150 g/mol. The number of hydrogen-bond donors (Lipinski definition) is 2. The highest BCUT2D eigenvalue weighted by atomic mass is 15.1. The topological polar surface area (TPSA) is 54.7 Å². The highest BCUT2D eigenvalue weighted by Crippen LogP contribution is 2.27. The van der Waals surface area contributed by atoms with E-state index >= 15 is 0 Å². The summed E-state index contributed by atoms with van der Waals surface area (Å²) in [4.78, 5) is 0. The van der Waals surface area contributed by atoms with Gasteiger partial charge in [0.2, 0.25) is 0 Å². The van der Waals surface area contributed by atoms with Gasteiger partial charge in [-0.25, -0.2) is 0 Å². The third-order valence-electron chi connectivity index (χ3n) is 2.30. The summed E-state index contributed by atoms with van der Waals surface area (Å²) in [5, 5.41) is 7.05. The van der Waals surface area contributed by atoms with Gasteiger partial charge >= 0.3 is 0 Å². The predicted octanol–water partition coefficient (Wildman–Crippen LogP) is 1.09. The standard InChI is InChI=1S/C9H13N3/c10-5-4-7-2-1-3-8-6-11-12-9(7)8/h4,6H,1-3,5,10H2,(H,11,12). The van der Waals surface area contributed by atoms with Crippen LogP contribution in [0.5, 0.6) is 0 Å². The van der Waals surface area contributed by atoms with Crippen LogP contribution in [0.1, 0.15) is 24.1 Å². The Balaban J connectivity index is 2.38. The van der Waals surface area contributed by atoms with Gasteiger partial charge in [0.1, 0.15) is 0 Å². The largest absolute Gasteiger partial charge is 0.327 e. The van der Waals surface area contributed by atoms with Crippen LogP contribution >= 0.6 is 0 Å². The molecule has 1 aromatic rings. The first kappa shape index (κ1) is 7.55. The van der Waals surface area contributed by atoms with Crippen molar-refractivity contribution >= 4 is 5.57 Å². The molecule has 0 saturated carbocycles. The molecule has 0 saturated heterocycles. The van der Waals surface area contributed by atoms with Crippen molar-refractivity contribution in [3.05, 3.63) is 23.5 Å². The van der Waals surface area contributed by atoms with Crippen LogP contribution in [0.25, 0.3) is 5.57 Å². The maximum atomic E-state index is 5.47. The van der Waals surface area contributed by atoms with Crippen molar-refractivity contribution in [1.29, 1.82) is 0 Å². The zero-order valence-corrected chi connectivity index (χ0v) is 7.01. The Morgan fingerprint density at radius 3 is 3.33 bits per heavy atom. The summed E-state index contributed by atoms with van der Waals surface area (Å²) in [7, 11) is 0. The van der Waals surface area contributed by atoms with Crippen LogP contribution < -0.4 is 5.73 Å². The Hall–Kier alpha value is -1.09. The lowest BCUT2D eigenvalue weighted by Gasteiger charge is -2.13. The number of aromatic nitrogens is 2. The van der Waals surface area contributed by atoms with Crippen molar-refractivity contribution < 1.29 is 0 Å². The average molecular weight is 163 g/mol. The summed E-state index contributed by atoms with van der Waals surface area (Å²) in [5.41, 5.74) is 9.34. The number of allylic oxidation sites excluding steroid dienone is 1. The summed E-state index contributed by atoms with van der Waals surface area (Å²) in [6.07, 6.45) is 7.49. The Kier molecular flexibility index (Phi) is 1.96. The van der Waals surface area contributed by atoms with Gasteiger partial charge in [-0.1, -0.05) is 6.08 Å². The molecule has 0 atom stereocenters. The first-order valence-corrected chi connectivity index (χ1v) is 4.33. The molecule has 0 spiro atoms. The molecule has 64 valence electrons. The molecule has 1 aliphatic carbocycles. The van der Waals surface area contributed by atoms with Gasteiger partial charge < -0.3 is 5.73 Å². The molecule has 0 aromatic carbocycles. The van der Waals surface area contributed by atoms with E-state index in [1.54, 1.807) is 0 Å². The van der Waals surface area contributed by atoms with Crippen LogP contribution in [0, 0.1) is 0 Å². The fraction of sp³-hybridized carbons (Fsp3) is 0.444. The molecule has 0 aliphatic heterocycles. The van der Waals surface area contributed by atoms with Gasteiger partial charge in [0, 0.05) is 6.54 Å². The Morgan fingerprint density at radius 2 is 2.50 bits per heavy atom. The number of rotatable bonds is 1. The lowest BCUT2D eigenvalue weighted by Crippen LogP contribution is -2.03. The van der Waals surface area contributed by atoms with Crippen molar-refractivity contribution in [3.8, 4) is 0 Å². The highest BCUT2D eigenvalue weighted by Gasteiger charge is 2.14. The lowest BCUT2D eigenvalue weighted by atomic mass is 9.93. The number of aromatic amines is 1. The number of nitrogens with one attached hydrogen (secondary N) is 1. The fourth-order valence-corrected chi connectivity index (χ4v) is 1.72. The van der Waals surface area contributed by atoms with E-state index in [9.17, 15) is 0 Å². The molecule has 1 heterocycles. The van der Waals surface area contributed by atoms with Crippen molar-refractivity contribution in [3.63, 3.8) is 0 Å². The molecule has 3 nitrogen and oxygen atoms in total. The number of hydrogen-bond acceptors (Lipinski definition) is 2. The number of nitrogens with zero attached hydrogens (tertiary/aromatic N) is 1. The maximum absolute atomic E-state index is 5.47. The van der Waals surface area contributed by atoms with Crippen molar-refractivity contribution in [2.75, 3.05) is 6.54 Å². The third kappa shape index (κ3) is 1.16. The third-order valence-corrected chi connectivity index (χ3v) is 2.30. The van der Waals surface area contributed by atoms with Crippen molar-refractivity contribution in [2.45, 2.75) is 19.3 Å². The van der Waals surface area contributed by atoms with Crippen LogP contribution in [-0.2, 0) is 6.42 Å². The second-order valence-corrected chi connectivity index (χ2v) is 3.09. The smallest absolute Gasteiger partial charge is 0.0639 e. The van der Waals surface area contributed by atoms with Crippen molar-refractivity contribution in [1.82, 2.24) is 10.2 Å². The highest BCUT2D eigenvalue weighted by molar-refractivity contribution is 5.66. The summed E-state index contributed by atoms with van der Waals surface area (Å²) < 4.78 is 0. The molecule has 1 aromatic heterocycles. The van der Waals surface area contributed by atoms with E-state index < -0.39 is 0 Å². The summed E-state index contributed by atoms with van der Waals surface area (Å²) in [6.45, 7) is 0.619. The average Bonchev–Trinajstić information content (AvgIpc) is 2.53. The SMILES string of the molecule is NCC=C1CCCc2cn[nH]c21. The number of aryl methyl sites for hydroxylation is 1. The Morgan fingerprint density at radius 1 is 1.58 bits per heavy atom. The van der Waals surface area contributed by atoms with Crippen LogP contribution in [0.3, 0.4) is 0 Å². The fourth-order valence-electron chi connectivity index (χ4n) is 1.72. The lowest BCUT2D eigenvalue weighted by molar-refractivity contribution is 0.817. The molecule has 2 rings (SSSR count). The van der Waals surface area contributed by atoms with Gasteiger partial charge in [0.15, 0.2) is 0 Å². The van der Waals surface area contributed by atoms with Gasteiger partial charge in [-0.15, -0.1) is 0 Å². The zero-order valence-electron chi connectivity index (χ0n) is 7.01. The number of nitrogens with two attached hydrogens (primary N) is 1. The molecular formula is C9H13N3.